The highest BCUT2D eigenvalue weighted by Crippen LogP contribution is 2.22. The average molecular weight is 541 g/mol. The van der Waals surface area contributed by atoms with E-state index in [2.05, 4.69) is 4.90 Å². The van der Waals surface area contributed by atoms with Gasteiger partial charge in [-0.3, -0.25) is 14.9 Å². The minimum absolute atomic E-state index is 0.195. The van der Waals surface area contributed by atoms with Crippen molar-refractivity contribution in [3.8, 4) is 0 Å². The van der Waals surface area contributed by atoms with Gasteiger partial charge in [0.25, 0.3) is 0 Å². The van der Waals surface area contributed by atoms with E-state index in [0.29, 0.717) is 60.3 Å². The monoisotopic (exact) mass is 540 g/mol. The van der Waals surface area contributed by atoms with E-state index in [1.54, 1.807) is 52.2 Å². The Labute approximate surface area is 229 Å². The molecular weight excluding hydrogens is 501 g/mol. The lowest BCUT2D eigenvalue weighted by Crippen LogP contribution is -2.30. The Morgan fingerprint density at radius 2 is 1.26 bits per heavy atom. The molecule has 1 atom stereocenters. The molecule has 0 aromatic heterocycles. The molecule has 0 saturated heterocycles. The third-order valence-electron chi connectivity index (χ3n) is 7.27. The molecule has 0 bridgehead atoms. The van der Waals surface area contributed by atoms with Crippen LogP contribution in [0, 0.1) is 58.0 Å². The van der Waals surface area contributed by atoms with Crippen molar-refractivity contribution < 1.29 is 23.2 Å². The maximum Gasteiger partial charge on any atom is 0.246 e. The van der Waals surface area contributed by atoms with E-state index in [1.807, 2.05) is 24.3 Å². The van der Waals surface area contributed by atoms with Crippen LogP contribution in [-0.2, 0) is 24.3 Å². The summed E-state index contributed by atoms with van der Waals surface area (Å²) in [5.74, 6) is -1.58. The maximum absolute atomic E-state index is 14.2. The van der Waals surface area contributed by atoms with Crippen LogP contribution >= 0.6 is 0 Å². The molecular formula is C32H39F3N2O2. The third-order valence-corrected chi connectivity index (χ3v) is 7.27. The molecule has 0 spiro atoms. The van der Waals surface area contributed by atoms with Crippen LogP contribution in [0.3, 0.4) is 0 Å². The first-order valence-corrected chi connectivity index (χ1v) is 13.4. The second-order valence-electron chi connectivity index (χ2n) is 10.8. The van der Waals surface area contributed by atoms with Gasteiger partial charge in [-0.15, -0.1) is 0 Å². The van der Waals surface area contributed by atoms with Crippen LogP contribution in [-0.4, -0.2) is 22.6 Å². The minimum atomic E-state index is -0.455. The maximum atomic E-state index is 14.2. The summed E-state index contributed by atoms with van der Waals surface area (Å²) in [5, 5.41) is 9.26. The number of hydrogen-bond donors (Lipinski definition) is 2. The Morgan fingerprint density at radius 1 is 0.769 bits per heavy atom. The zero-order chi connectivity index (χ0) is 28.7. The highest BCUT2D eigenvalue weighted by atomic mass is 19.1. The van der Waals surface area contributed by atoms with E-state index in [-0.39, 0.29) is 17.5 Å². The van der Waals surface area contributed by atoms with Gasteiger partial charge < -0.3 is 0 Å². The number of rotatable bonds is 12. The predicted molar refractivity (Wildman–Crippen MR) is 148 cm³/mol. The molecule has 0 fully saturated rings. The highest BCUT2D eigenvalue weighted by Gasteiger charge is 2.19. The van der Waals surface area contributed by atoms with Gasteiger partial charge in [0.1, 0.15) is 17.5 Å². The molecule has 0 radical (unpaired) electrons. The van der Waals surface area contributed by atoms with Gasteiger partial charge in [0.2, 0.25) is 5.91 Å². The molecule has 3 aromatic carbocycles. The summed E-state index contributed by atoms with van der Waals surface area (Å²) in [6.45, 7) is 10.7. The summed E-state index contributed by atoms with van der Waals surface area (Å²) in [7, 11) is 0. The normalized spacial score (nSPS) is 12.2. The number of halogens is 3. The highest BCUT2D eigenvalue weighted by molar-refractivity contribution is 5.77. The Kier molecular flexibility index (Phi) is 10.7. The Morgan fingerprint density at radius 3 is 1.72 bits per heavy atom. The van der Waals surface area contributed by atoms with Gasteiger partial charge >= 0.3 is 0 Å². The van der Waals surface area contributed by atoms with E-state index in [4.69, 9.17) is 0 Å². The second kappa shape index (κ2) is 13.8. The largest absolute Gasteiger partial charge is 0.295 e. The van der Waals surface area contributed by atoms with E-state index >= 15 is 0 Å². The van der Waals surface area contributed by atoms with Crippen LogP contribution in [0.4, 0.5) is 13.2 Å². The van der Waals surface area contributed by atoms with Crippen molar-refractivity contribution in [2.45, 2.75) is 73.4 Å². The summed E-state index contributed by atoms with van der Waals surface area (Å²) < 4.78 is 42.1. The van der Waals surface area contributed by atoms with Crippen molar-refractivity contribution in [1.82, 2.24) is 10.4 Å². The molecule has 0 aliphatic carbocycles. The number of amides is 1. The number of benzene rings is 3. The molecule has 7 heteroatoms. The van der Waals surface area contributed by atoms with Crippen molar-refractivity contribution in [2.75, 3.05) is 6.54 Å². The Hall–Kier alpha value is -3.16. The topological polar surface area (TPSA) is 52.6 Å². The Bertz CT molecular complexity index is 1200. The van der Waals surface area contributed by atoms with Crippen molar-refractivity contribution >= 4 is 5.91 Å². The summed E-state index contributed by atoms with van der Waals surface area (Å²) in [6.07, 6.45) is 2.48. The van der Waals surface area contributed by atoms with Gasteiger partial charge in [-0.25, -0.2) is 18.7 Å². The fourth-order valence-electron chi connectivity index (χ4n) is 5.25. The zero-order valence-electron chi connectivity index (χ0n) is 23.5. The lowest BCUT2D eigenvalue weighted by Gasteiger charge is -2.24. The molecule has 0 aliphatic heterocycles. The van der Waals surface area contributed by atoms with Crippen LogP contribution in [0.5, 0.6) is 0 Å². The van der Waals surface area contributed by atoms with Gasteiger partial charge in [0.05, 0.1) is 0 Å². The molecule has 3 aromatic rings. The fraction of sp³-hybridized carbons (Fsp3) is 0.406. The van der Waals surface area contributed by atoms with Gasteiger partial charge in [-0.05, 0) is 111 Å². The summed E-state index contributed by atoms with van der Waals surface area (Å²) >= 11 is 0. The Balaban J connectivity index is 1.70. The van der Waals surface area contributed by atoms with Crippen LogP contribution in [0.15, 0.2) is 42.5 Å². The van der Waals surface area contributed by atoms with Crippen molar-refractivity contribution in [2.24, 2.45) is 5.92 Å². The average Bonchev–Trinajstić information content (AvgIpc) is 2.89. The number of carbonyl (C=O) groups is 1. The number of unbranched alkanes of at least 4 members (excludes halogenated alkanes) is 1. The van der Waals surface area contributed by atoms with Crippen LogP contribution in [0.1, 0.15) is 63.8 Å². The first kappa shape index (κ1) is 30.4. The molecule has 3 rings (SSSR count). The lowest BCUT2D eigenvalue weighted by atomic mass is 9.92. The van der Waals surface area contributed by atoms with Crippen molar-refractivity contribution in [3.63, 3.8) is 0 Å². The minimum Gasteiger partial charge on any atom is -0.295 e. The predicted octanol–water partition coefficient (Wildman–Crippen LogP) is 7.18. The molecule has 1 amide bonds. The van der Waals surface area contributed by atoms with Gasteiger partial charge in [-0.2, -0.15) is 0 Å². The van der Waals surface area contributed by atoms with Gasteiger partial charge in [0, 0.05) is 19.0 Å². The number of nitrogens with one attached hydrogen (secondary N) is 1. The van der Waals surface area contributed by atoms with Crippen LogP contribution < -0.4 is 5.48 Å². The van der Waals surface area contributed by atoms with Crippen molar-refractivity contribution in [1.29, 1.82) is 0 Å². The molecule has 0 saturated carbocycles. The molecule has 0 aliphatic rings. The first-order chi connectivity index (χ1) is 18.5. The van der Waals surface area contributed by atoms with Gasteiger partial charge in [0.15, 0.2) is 0 Å². The smallest absolute Gasteiger partial charge is 0.246 e. The zero-order valence-corrected chi connectivity index (χ0v) is 23.5. The molecule has 0 heterocycles. The van der Waals surface area contributed by atoms with Crippen LogP contribution in [0.25, 0.3) is 0 Å². The molecule has 0 unspecified atom stereocenters. The second-order valence-corrected chi connectivity index (χ2v) is 10.8. The number of hydroxylamine groups is 1. The van der Waals surface area contributed by atoms with E-state index in [0.717, 1.165) is 29.5 Å². The van der Waals surface area contributed by atoms with Gasteiger partial charge in [-0.1, -0.05) is 42.8 Å². The molecule has 2 N–H and O–H groups in total. The van der Waals surface area contributed by atoms with E-state index in [1.165, 1.54) is 6.07 Å². The van der Waals surface area contributed by atoms with Crippen LogP contribution in [0.2, 0.25) is 0 Å². The van der Waals surface area contributed by atoms with E-state index in [9.17, 15) is 23.2 Å². The number of aryl methyl sites for hydroxylation is 5. The standard InChI is InChI=1S/C32H39F3N2O2/c1-20-12-25(9-10-29(20)33)17-28(32(38)36-39)8-6-7-11-37(18-26-13-21(2)30(34)22(3)14-26)19-27-15-23(4)31(35)24(5)16-27/h9-10,12-16,28,39H,6-8,11,17-19H2,1-5H3,(H,36,38)/t28-/m0/s1. The quantitative estimate of drug-likeness (QED) is 0.145. The fourth-order valence-corrected chi connectivity index (χ4v) is 5.25. The lowest BCUT2D eigenvalue weighted by molar-refractivity contribution is -0.133. The molecule has 210 valence electrons. The summed E-state index contributed by atoms with van der Waals surface area (Å²) in [4.78, 5) is 14.6. The SMILES string of the molecule is Cc1cc(C[C@H](CCCCN(Cc2cc(C)c(F)c(C)c2)Cc2cc(C)c(F)c(C)c2)C(=O)NO)ccc1F. The van der Waals surface area contributed by atoms with Crippen molar-refractivity contribution in [3.05, 3.63) is 104 Å². The number of carbonyl (C=O) groups excluding carboxylic acids is 1. The summed E-state index contributed by atoms with van der Waals surface area (Å²) in [6, 6.07) is 12.3. The summed E-state index contributed by atoms with van der Waals surface area (Å²) in [5.41, 5.74) is 7.56. The third kappa shape index (κ3) is 8.41. The number of hydrogen-bond acceptors (Lipinski definition) is 3. The molecule has 4 nitrogen and oxygen atoms in total. The first-order valence-electron chi connectivity index (χ1n) is 13.4. The van der Waals surface area contributed by atoms with E-state index < -0.39 is 11.8 Å². The molecule has 39 heavy (non-hydrogen) atoms. The number of nitrogens with zero attached hydrogens (tertiary/aromatic N) is 1.